The zero-order valence-corrected chi connectivity index (χ0v) is 25.9. The number of piperidine rings is 1. The molecule has 216 valence electrons. The molecule has 0 N–H and O–H groups in total. The first-order valence-electron chi connectivity index (χ1n) is 15.3. The van der Waals surface area contributed by atoms with E-state index in [4.69, 9.17) is 14.0 Å². The number of nitrogens with zero attached hydrogens (tertiary/aromatic N) is 1. The number of fused-ring (bicyclic) bond motifs is 1. The van der Waals surface area contributed by atoms with Gasteiger partial charge in [-0.2, -0.15) is 0 Å². The summed E-state index contributed by atoms with van der Waals surface area (Å²) >= 11 is 0. The summed E-state index contributed by atoms with van der Waals surface area (Å²) in [6, 6.07) is 13.8. The summed E-state index contributed by atoms with van der Waals surface area (Å²) in [6.45, 7) is 18.1. The molecule has 5 rings (SSSR count). The summed E-state index contributed by atoms with van der Waals surface area (Å²) in [5.74, 6) is 0.961. The van der Waals surface area contributed by atoms with Gasteiger partial charge >= 0.3 is 13.2 Å². The first-order chi connectivity index (χ1) is 18.8. The van der Waals surface area contributed by atoms with Crippen molar-refractivity contribution in [2.75, 3.05) is 13.1 Å². The molecule has 2 aromatic rings. The Balaban J connectivity index is 1.30. The molecule has 2 fully saturated rings. The lowest BCUT2D eigenvalue weighted by atomic mass is 9.72. The lowest BCUT2D eigenvalue weighted by Crippen LogP contribution is -2.41. The molecule has 40 heavy (non-hydrogen) atoms. The zero-order valence-electron chi connectivity index (χ0n) is 25.9. The Morgan fingerprint density at radius 3 is 2.33 bits per heavy atom. The molecule has 0 spiro atoms. The Labute approximate surface area is 242 Å². The number of hydrogen-bond donors (Lipinski definition) is 0. The van der Waals surface area contributed by atoms with Crippen LogP contribution in [0.1, 0.15) is 114 Å². The van der Waals surface area contributed by atoms with Crippen LogP contribution >= 0.6 is 0 Å². The average Bonchev–Trinajstić information content (AvgIpc) is 3.39. The van der Waals surface area contributed by atoms with Gasteiger partial charge in [0.25, 0.3) is 0 Å². The van der Waals surface area contributed by atoms with Gasteiger partial charge in [-0.15, -0.1) is 0 Å². The number of carbonyl (C=O) groups is 1. The molecule has 0 saturated carbocycles. The third-order valence-corrected chi connectivity index (χ3v) is 9.56. The lowest BCUT2D eigenvalue weighted by molar-refractivity contribution is 0.00578. The molecular formula is C34H48BNO4. The summed E-state index contributed by atoms with van der Waals surface area (Å²) in [5, 5.41) is 0. The van der Waals surface area contributed by atoms with Crippen LogP contribution in [0.3, 0.4) is 0 Å². The summed E-state index contributed by atoms with van der Waals surface area (Å²) in [7, 11) is -0.319. The van der Waals surface area contributed by atoms with Crippen molar-refractivity contribution >= 4 is 18.7 Å². The number of benzene rings is 2. The third kappa shape index (κ3) is 5.85. The topological polar surface area (TPSA) is 48.0 Å². The number of ether oxygens (including phenoxy) is 1. The zero-order chi connectivity index (χ0) is 28.9. The fourth-order valence-corrected chi connectivity index (χ4v) is 6.68. The maximum absolute atomic E-state index is 12.5. The number of aryl methyl sites for hydroxylation is 2. The second kappa shape index (κ2) is 10.8. The molecule has 1 aliphatic carbocycles. The third-order valence-electron chi connectivity index (χ3n) is 9.56. The van der Waals surface area contributed by atoms with Gasteiger partial charge in [0.1, 0.15) is 5.60 Å². The SMILES string of the molecule is CCc1cc(C[C@H]2CCc3cccc(B4OC(C)(C)C(C)(C)O4)c32)ccc1C1CCN(C(=O)OC(C)(C)C)CC1. The highest BCUT2D eigenvalue weighted by Crippen LogP contribution is 2.40. The predicted octanol–water partition coefficient (Wildman–Crippen LogP) is 6.94. The fourth-order valence-electron chi connectivity index (χ4n) is 6.68. The molecular weight excluding hydrogens is 497 g/mol. The van der Waals surface area contributed by atoms with Gasteiger partial charge in [-0.3, -0.25) is 0 Å². The van der Waals surface area contributed by atoms with Gasteiger partial charge in [0.05, 0.1) is 11.2 Å². The van der Waals surface area contributed by atoms with E-state index in [1.54, 1.807) is 0 Å². The molecule has 1 amide bonds. The summed E-state index contributed by atoms with van der Waals surface area (Å²) in [5.41, 5.74) is 7.28. The highest BCUT2D eigenvalue weighted by atomic mass is 16.7. The number of carbonyl (C=O) groups excluding carboxylic acids is 1. The van der Waals surface area contributed by atoms with Crippen LogP contribution in [0.25, 0.3) is 0 Å². The van der Waals surface area contributed by atoms with E-state index >= 15 is 0 Å². The minimum Gasteiger partial charge on any atom is -0.444 e. The second-order valence-electron chi connectivity index (χ2n) is 14.1. The van der Waals surface area contributed by atoms with Gasteiger partial charge in [0.15, 0.2) is 0 Å². The van der Waals surface area contributed by atoms with E-state index in [0.29, 0.717) is 11.8 Å². The molecule has 0 unspecified atom stereocenters. The Morgan fingerprint density at radius 2 is 1.70 bits per heavy atom. The molecule has 2 saturated heterocycles. The quantitative estimate of drug-likeness (QED) is 0.382. The Bertz CT molecular complexity index is 1220. The van der Waals surface area contributed by atoms with Crippen LogP contribution in [0.15, 0.2) is 36.4 Å². The number of amides is 1. The molecule has 3 aliphatic rings. The van der Waals surface area contributed by atoms with E-state index in [9.17, 15) is 4.79 Å². The normalized spacial score (nSPS) is 22.4. The molecule has 0 aromatic heterocycles. The van der Waals surface area contributed by atoms with Crippen LogP contribution in [-0.4, -0.2) is 48.0 Å². The minimum atomic E-state index is -0.454. The fraction of sp³-hybridized carbons (Fsp3) is 0.618. The molecule has 0 bridgehead atoms. The monoisotopic (exact) mass is 545 g/mol. The second-order valence-corrected chi connectivity index (χ2v) is 14.1. The highest BCUT2D eigenvalue weighted by molar-refractivity contribution is 6.62. The van der Waals surface area contributed by atoms with Gasteiger partial charge in [-0.05, 0) is 132 Å². The molecule has 6 heteroatoms. The van der Waals surface area contributed by atoms with Crippen molar-refractivity contribution in [3.8, 4) is 0 Å². The highest BCUT2D eigenvalue weighted by Gasteiger charge is 2.52. The largest absolute Gasteiger partial charge is 0.495 e. The van der Waals surface area contributed by atoms with E-state index in [2.05, 4.69) is 71.0 Å². The number of likely N-dealkylation sites (tertiary alicyclic amines) is 1. The molecule has 2 aromatic carbocycles. The van der Waals surface area contributed by atoms with E-state index in [1.165, 1.54) is 33.3 Å². The van der Waals surface area contributed by atoms with Crippen molar-refractivity contribution in [2.45, 2.75) is 123 Å². The summed E-state index contributed by atoms with van der Waals surface area (Å²) < 4.78 is 18.6. The van der Waals surface area contributed by atoms with E-state index < -0.39 is 5.60 Å². The van der Waals surface area contributed by atoms with Gasteiger partial charge in [0.2, 0.25) is 0 Å². The number of hydrogen-bond acceptors (Lipinski definition) is 4. The summed E-state index contributed by atoms with van der Waals surface area (Å²) in [6.07, 6.45) is 6.12. The van der Waals surface area contributed by atoms with Crippen LogP contribution in [-0.2, 0) is 33.3 Å². The van der Waals surface area contributed by atoms with Crippen molar-refractivity contribution in [1.29, 1.82) is 0 Å². The first-order valence-corrected chi connectivity index (χ1v) is 15.3. The van der Waals surface area contributed by atoms with E-state index in [0.717, 1.165) is 51.6 Å². The van der Waals surface area contributed by atoms with Crippen molar-refractivity contribution in [2.24, 2.45) is 0 Å². The smallest absolute Gasteiger partial charge is 0.444 e. The standard InChI is InChI=1S/C34H48BNO4/c1-9-24-21-23(13-16-28(24)25-17-19-36(20-18-25)31(37)38-32(2,3)4)22-27-15-14-26-11-10-12-29(30(26)27)35-39-33(5,6)34(7,8)40-35/h10-13,16,21,25,27H,9,14-15,17-20,22H2,1-8H3/t27-/m1/s1. The van der Waals surface area contributed by atoms with Crippen LogP contribution < -0.4 is 5.46 Å². The molecule has 2 aliphatic heterocycles. The molecule has 2 heterocycles. The Morgan fingerprint density at radius 1 is 1.02 bits per heavy atom. The van der Waals surface area contributed by atoms with Crippen LogP contribution in [0.2, 0.25) is 0 Å². The van der Waals surface area contributed by atoms with Crippen molar-refractivity contribution < 1.29 is 18.8 Å². The maximum Gasteiger partial charge on any atom is 0.495 e. The summed E-state index contributed by atoms with van der Waals surface area (Å²) in [4.78, 5) is 14.4. The van der Waals surface area contributed by atoms with Crippen molar-refractivity contribution in [1.82, 2.24) is 4.90 Å². The van der Waals surface area contributed by atoms with Gasteiger partial charge < -0.3 is 18.9 Å². The van der Waals surface area contributed by atoms with Crippen molar-refractivity contribution in [3.05, 3.63) is 64.2 Å². The minimum absolute atomic E-state index is 0.186. The predicted molar refractivity (Wildman–Crippen MR) is 163 cm³/mol. The maximum atomic E-state index is 12.5. The molecule has 0 radical (unpaired) electrons. The van der Waals surface area contributed by atoms with E-state index in [1.807, 2.05) is 25.7 Å². The van der Waals surface area contributed by atoms with Gasteiger partial charge in [-0.25, -0.2) is 4.79 Å². The molecule has 1 atom stereocenters. The van der Waals surface area contributed by atoms with Crippen LogP contribution in [0, 0.1) is 0 Å². The Hall–Kier alpha value is -2.31. The van der Waals surface area contributed by atoms with Crippen molar-refractivity contribution in [3.63, 3.8) is 0 Å². The molecule has 5 nitrogen and oxygen atoms in total. The lowest BCUT2D eigenvalue weighted by Gasteiger charge is -2.34. The Kier molecular flexibility index (Phi) is 7.91. The van der Waals surface area contributed by atoms with E-state index in [-0.39, 0.29) is 24.4 Å². The van der Waals surface area contributed by atoms with Gasteiger partial charge in [-0.1, -0.05) is 43.3 Å². The van der Waals surface area contributed by atoms with Gasteiger partial charge in [0, 0.05) is 13.1 Å². The number of rotatable bonds is 5. The first kappa shape index (κ1) is 29.2. The van der Waals surface area contributed by atoms with Crippen LogP contribution in [0.5, 0.6) is 0 Å². The van der Waals surface area contributed by atoms with Crippen LogP contribution in [0.4, 0.5) is 4.79 Å². The average molecular weight is 546 g/mol.